The molecule has 0 spiro atoms. The standard InChI is InChI=1S/C20H15/c1-14-7-6-8-15(13-14)20-18-11-4-2-9-16(18)17-10-3-5-12-19(17)20/h2-13H,1H3/q+1. The minimum absolute atomic E-state index is 1.30. The van der Waals surface area contributed by atoms with Gasteiger partial charge in [0.05, 0.1) is 33.7 Å². The Bertz CT molecular complexity index is 738. The molecule has 0 aromatic heterocycles. The summed E-state index contributed by atoms with van der Waals surface area (Å²) in [6.45, 7) is 2.15. The van der Waals surface area contributed by atoms with E-state index in [1.165, 1.54) is 39.3 Å². The van der Waals surface area contributed by atoms with Gasteiger partial charge in [-0.15, -0.1) is 0 Å². The van der Waals surface area contributed by atoms with Crippen LogP contribution in [-0.2, 0) is 0 Å². The summed E-state index contributed by atoms with van der Waals surface area (Å²) in [4.78, 5) is 0. The Labute approximate surface area is 119 Å². The molecular formula is C20H15+. The summed E-state index contributed by atoms with van der Waals surface area (Å²) in [5.41, 5.74) is 8.00. The highest BCUT2D eigenvalue weighted by Gasteiger charge is 2.35. The molecule has 0 saturated carbocycles. The Hall–Kier alpha value is -2.47. The van der Waals surface area contributed by atoms with Crippen LogP contribution in [0.2, 0.25) is 0 Å². The van der Waals surface area contributed by atoms with Crippen molar-refractivity contribution in [1.82, 2.24) is 0 Å². The quantitative estimate of drug-likeness (QED) is 0.420. The van der Waals surface area contributed by atoms with Gasteiger partial charge < -0.3 is 0 Å². The predicted molar refractivity (Wildman–Crippen MR) is 83.6 cm³/mol. The summed E-state index contributed by atoms with van der Waals surface area (Å²) in [6, 6.07) is 26.2. The highest BCUT2D eigenvalue weighted by molar-refractivity contribution is 5.86. The van der Waals surface area contributed by atoms with Gasteiger partial charge >= 0.3 is 0 Å². The monoisotopic (exact) mass is 255 g/mol. The number of hydrogen-bond donors (Lipinski definition) is 0. The second kappa shape index (κ2) is 4.28. The molecule has 0 N–H and O–H groups in total. The summed E-state index contributed by atoms with van der Waals surface area (Å²) in [7, 11) is 0. The van der Waals surface area contributed by atoms with E-state index in [0.29, 0.717) is 0 Å². The predicted octanol–water partition coefficient (Wildman–Crippen LogP) is 4.99. The lowest BCUT2D eigenvalue weighted by molar-refractivity contribution is 1.26. The molecule has 1 aliphatic carbocycles. The van der Waals surface area contributed by atoms with Crippen LogP contribution in [0.4, 0.5) is 0 Å². The van der Waals surface area contributed by atoms with Gasteiger partial charge in [0.2, 0.25) is 0 Å². The molecule has 0 unspecified atom stereocenters. The van der Waals surface area contributed by atoms with E-state index in [-0.39, 0.29) is 0 Å². The van der Waals surface area contributed by atoms with Crippen molar-refractivity contribution in [3.05, 3.63) is 101 Å². The smallest absolute Gasteiger partial charge is 0.0500 e. The van der Waals surface area contributed by atoms with Gasteiger partial charge in [-0.1, -0.05) is 0 Å². The molecule has 1 aliphatic rings. The zero-order valence-corrected chi connectivity index (χ0v) is 11.4. The third kappa shape index (κ3) is 1.58. The lowest BCUT2D eigenvalue weighted by atomic mass is 9.89. The molecule has 0 amide bonds. The van der Waals surface area contributed by atoms with Gasteiger partial charge in [0, 0.05) is 0 Å². The van der Waals surface area contributed by atoms with Crippen molar-refractivity contribution >= 4 is 0 Å². The Morgan fingerprint density at radius 1 is 0.650 bits per heavy atom. The second-order valence-corrected chi connectivity index (χ2v) is 5.34. The molecule has 3 aromatic rings. The summed E-state index contributed by atoms with van der Waals surface area (Å²) in [5.74, 6) is 1.36. The maximum absolute atomic E-state index is 2.27. The van der Waals surface area contributed by atoms with Gasteiger partial charge in [-0.3, -0.25) is 0 Å². The second-order valence-electron chi connectivity index (χ2n) is 5.34. The van der Waals surface area contributed by atoms with E-state index in [0.717, 1.165) is 0 Å². The Morgan fingerprint density at radius 3 is 1.85 bits per heavy atom. The number of rotatable bonds is 1. The average Bonchev–Trinajstić information content (AvgIpc) is 2.82. The molecule has 0 bridgehead atoms. The first-order valence-corrected chi connectivity index (χ1v) is 6.98. The summed E-state index contributed by atoms with van der Waals surface area (Å²) >= 11 is 0. The molecule has 0 fully saturated rings. The van der Waals surface area contributed by atoms with E-state index >= 15 is 0 Å². The van der Waals surface area contributed by atoms with E-state index in [4.69, 9.17) is 0 Å². The average molecular weight is 255 g/mol. The van der Waals surface area contributed by atoms with Crippen LogP contribution in [-0.4, -0.2) is 0 Å². The van der Waals surface area contributed by atoms with Crippen molar-refractivity contribution in [1.29, 1.82) is 0 Å². The molecule has 3 aromatic carbocycles. The molecule has 20 heavy (non-hydrogen) atoms. The first-order chi connectivity index (χ1) is 9.84. The molecule has 0 saturated heterocycles. The van der Waals surface area contributed by atoms with Crippen LogP contribution in [0.5, 0.6) is 0 Å². The minimum atomic E-state index is 1.30. The van der Waals surface area contributed by atoms with Crippen LogP contribution < -0.4 is 0 Å². The molecule has 0 atom stereocenters. The lowest BCUT2D eigenvalue weighted by Crippen LogP contribution is -2.00. The molecule has 4 rings (SSSR count). The summed E-state index contributed by atoms with van der Waals surface area (Å²) in [6.07, 6.45) is 0. The van der Waals surface area contributed by atoms with Crippen LogP contribution in [0, 0.1) is 12.8 Å². The number of benzene rings is 3. The van der Waals surface area contributed by atoms with Gasteiger partial charge in [-0.2, -0.15) is 0 Å². The maximum Gasteiger partial charge on any atom is 0.0674 e. The van der Waals surface area contributed by atoms with Crippen LogP contribution in [0.25, 0.3) is 11.1 Å². The normalized spacial score (nSPS) is 12.2. The van der Waals surface area contributed by atoms with E-state index in [1.54, 1.807) is 0 Å². The fourth-order valence-electron chi connectivity index (χ4n) is 3.13. The van der Waals surface area contributed by atoms with Gasteiger partial charge in [-0.05, 0) is 85.3 Å². The Kier molecular flexibility index (Phi) is 2.43. The van der Waals surface area contributed by atoms with Crippen LogP contribution >= 0.6 is 0 Å². The molecule has 0 heterocycles. The van der Waals surface area contributed by atoms with Crippen molar-refractivity contribution in [3.63, 3.8) is 0 Å². The SMILES string of the molecule is Cc1cccc([C+]2c3ccccc3-c3ccccc32)c1. The van der Waals surface area contributed by atoms with E-state index in [9.17, 15) is 0 Å². The number of fused-ring (bicyclic) bond motifs is 3. The van der Waals surface area contributed by atoms with Crippen molar-refractivity contribution in [2.75, 3.05) is 0 Å². The molecule has 0 nitrogen and oxygen atoms in total. The fourth-order valence-corrected chi connectivity index (χ4v) is 3.13. The van der Waals surface area contributed by atoms with Crippen LogP contribution in [0.3, 0.4) is 0 Å². The molecule has 0 heteroatoms. The van der Waals surface area contributed by atoms with Crippen LogP contribution in [0.15, 0.2) is 72.8 Å². The molecule has 0 radical (unpaired) electrons. The summed E-state index contributed by atoms with van der Waals surface area (Å²) in [5, 5.41) is 0. The van der Waals surface area contributed by atoms with Crippen molar-refractivity contribution in [2.24, 2.45) is 0 Å². The zero-order valence-electron chi connectivity index (χ0n) is 11.4. The highest BCUT2D eigenvalue weighted by Crippen LogP contribution is 2.46. The zero-order chi connectivity index (χ0) is 13.5. The lowest BCUT2D eigenvalue weighted by Gasteiger charge is -2.08. The fraction of sp³-hybridized carbons (Fsp3) is 0.0500. The number of hydrogen-bond acceptors (Lipinski definition) is 0. The van der Waals surface area contributed by atoms with Crippen molar-refractivity contribution in [2.45, 2.75) is 6.92 Å². The van der Waals surface area contributed by atoms with E-state index in [1.807, 2.05) is 0 Å². The molecule has 0 aliphatic heterocycles. The highest BCUT2D eigenvalue weighted by atomic mass is 14.3. The third-order valence-electron chi connectivity index (χ3n) is 3.99. The van der Waals surface area contributed by atoms with Gasteiger partial charge in [0.25, 0.3) is 0 Å². The van der Waals surface area contributed by atoms with Crippen molar-refractivity contribution < 1.29 is 0 Å². The first-order valence-electron chi connectivity index (χ1n) is 6.98. The Morgan fingerprint density at radius 2 is 1.25 bits per heavy atom. The van der Waals surface area contributed by atoms with Crippen LogP contribution in [0.1, 0.15) is 22.3 Å². The molecule has 94 valence electrons. The topological polar surface area (TPSA) is 0 Å². The van der Waals surface area contributed by atoms with E-state index < -0.39 is 0 Å². The molecular weight excluding hydrogens is 240 g/mol. The van der Waals surface area contributed by atoms with Crippen molar-refractivity contribution in [3.8, 4) is 11.1 Å². The largest absolute Gasteiger partial charge is 0.0674 e. The first kappa shape index (κ1) is 11.4. The Balaban J connectivity index is 2.00. The van der Waals surface area contributed by atoms with Gasteiger partial charge in [0.15, 0.2) is 0 Å². The third-order valence-corrected chi connectivity index (χ3v) is 3.99. The van der Waals surface area contributed by atoms with Gasteiger partial charge in [0.1, 0.15) is 0 Å². The van der Waals surface area contributed by atoms with E-state index in [2.05, 4.69) is 79.7 Å². The minimum Gasteiger partial charge on any atom is -0.0500 e. The number of aryl methyl sites for hydroxylation is 1. The van der Waals surface area contributed by atoms with Gasteiger partial charge in [-0.25, -0.2) is 0 Å². The summed E-state index contributed by atoms with van der Waals surface area (Å²) < 4.78 is 0. The maximum atomic E-state index is 2.27.